The van der Waals surface area contributed by atoms with E-state index >= 15 is 0 Å². The Balaban J connectivity index is 3.25. The summed E-state index contributed by atoms with van der Waals surface area (Å²) >= 11 is 0. The van der Waals surface area contributed by atoms with Crippen molar-refractivity contribution in [1.82, 2.24) is 0 Å². The van der Waals surface area contributed by atoms with Gasteiger partial charge in [-0.25, -0.2) is 0 Å². The molecule has 0 aliphatic carbocycles. The number of hydrogen-bond acceptors (Lipinski definition) is 2. The molecule has 0 bridgehead atoms. The smallest absolute Gasteiger partial charge is 0.158 e. The molecule has 13 heavy (non-hydrogen) atoms. The third kappa shape index (κ3) is 7.43. The van der Waals surface area contributed by atoms with Crippen molar-refractivity contribution in [1.29, 1.82) is 0 Å². The SMILES string of the molecule is COC(C)CCCO[SiH](C)[SiH](C)C. The van der Waals surface area contributed by atoms with Crippen molar-refractivity contribution in [2.45, 2.75) is 45.5 Å². The van der Waals surface area contributed by atoms with Crippen LogP contribution >= 0.6 is 0 Å². The molecule has 0 rings (SSSR count). The van der Waals surface area contributed by atoms with Gasteiger partial charge in [0.2, 0.25) is 0 Å². The highest BCUT2D eigenvalue weighted by molar-refractivity contribution is 7.18. The number of methoxy groups -OCH3 is 1. The maximum absolute atomic E-state index is 5.84. The topological polar surface area (TPSA) is 18.5 Å². The average Bonchev–Trinajstić information content (AvgIpc) is 2.11. The molecular formula is C9H24O2Si2. The van der Waals surface area contributed by atoms with Crippen molar-refractivity contribution < 1.29 is 9.16 Å². The lowest BCUT2D eigenvalue weighted by atomic mass is 10.2. The fourth-order valence-electron chi connectivity index (χ4n) is 0.950. The van der Waals surface area contributed by atoms with Crippen LogP contribution in [-0.4, -0.2) is 36.7 Å². The second-order valence-electron chi connectivity index (χ2n) is 4.01. The van der Waals surface area contributed by atoms with Gasteiger partial charge in [0.1, 0.15) is 0 Å². The lowest BCUT2D eigenvalue weighted by Gasteiger charge is -2.15. The number of rotatable bonds is 7. The fourth-order valence-corrected chi connectivity index (χ4v) is 3.44. The summed E-state index contributed by atoms with van der Waals surface area (Å²) in [5.74, 6) is 0. The first-order chi connectivity index (χ1) is 6.07. The van der Waals surface area contributed by atoms with Crippen LogP contribution in [0.15, 0.2) is 0 Å². The first-order valence-corrected chi connectivity index (χ1v) is 11.8. The quantitative estimate of drug-likeness (QED) is 0.481. The minimum Gasteiger partial charge on any atom is -0.424 e. The van der Waals surface area contributed by atoms with E-state index in [1.807, 2.05) is 0 Å². The highest BCUT2D eigenvalue weighted by Gasteiger charge is 2.10. The van der Waals surface area contributed by atoms with E-state index in [0.29, 0.717) is 6.10 Å². The summed E-state index contributed by atoms with van der Waals surface area (Å²) in [6.45, 7) is 10.2. The zero-order valence-electron chi connectivity index (χ0n) is 9.67. The van der Waals surface area contributed by atoms with Crippen LogP contribution in [0.3, 0.4) is 0 Å². The minimum atomic E-state index is -0.749. The summed E-state index contributed by atoms with van der Waals surface area (Å²) in [5, 5.41) is 0. The van der Waals surface area contributed by atoms with Crippen molar-refractivity contribution in [3.8, 4) is 0 Å². The number of ether oxygens (including phenoxy) is 1. The van der Waals surface area contributed by atoms with Crippen LogP contribution in [0, 0.1) is 0 Å². The Bertz CT molecular complexity index is 120. The molecule has 0 aromatic heterocycles. The Kier molecular flexibility index (Phi) is 7.94. The predicted octanol–water partition coefficient (Wildman–Crippen LogP) is 1.74. The van der Waals surface area contributed by atoms with E-state index in [0.717, 1.165) is 19.4 Å². The van der Waals surface area contributed by atoms with Gasteiger partial charge in [-0.15, -0.1) is 0 Å². The second kappa shape index (κ2) is 7.73. The van der Waals surface area contributed by atoms with Crippen LogP contribution in [0.2, 0.25) is 19.6 Å². The molecule has 80 valence electrons. The molecule has 0 N–H and O–H groups in total. The molecule has 0 aromatic rings. The highest BCUT2D eigenvalue weighted by atomic mass is 29.2. The van der Waals surface area contributed by atoms with Crippen LogP contribution in [0.4, 0.5) is 0 Å². The van der Waals surface area contributed by atoms with Gasteiger partial charge in [-0.3, -0.25) is 0 Å². The van der Waals surface area contributed by atoms with Gasteiger partial charge in [0.25, 0.3) is 0 Å². The summed E-state index contributed by atoms with van der Waals surface area (Å²) in [4.78, 5) is 0. The Hall–Kier alpha value is 0.354. The van der Waals surface area contributed by atoms with E-state index in [2.05, 4.69) is 26.6 Å². The zero-order valence-corrected chi connectivity index (χ0v) is 12.0. The van der Waals surface area contributed by atoms with Gasteiger partial charge < -0.3 is 9.16 Å². The molecule has 0 aliphatic rings. The highest BCUT2D eigenvalue weighted by Crippen LogP contribution is 2.01. The van der Waals surface area contributed by atoms with Crippen LogP contribution in [-0.2, 0) is 9.16 Å². The third-order valence-electron chi connectivity index (χ3n) is 2.48. The molecule has 2 nitrogen and oxygen atoms in total. The van der Waals surface area contributed by atoms with E-state index in [1.54, 1.807) is 7.11 Å². The minimum absolute atomic E-state index is 0.386. The normalized spacial score (nSPS) is 16.2. The van der Waals surface area contributed by atoms with Crippen molar-refractivity contribution in [2.24, 2.45) is 0 Å². The molecule has 2 unspecified atom stereocenters. The average molecular weight is 220 g/mol. The standard InChI is InChI=1S/C9H24O2Si2/c1-9(10-2)7-6-8-11-13(5)12(3)4/h9,12-13H,6-8H2,1-5H3. The fraction of sp³-hybridized carbons (Fsp3) is 1.00. The Morgan fingerprint density at radius 2 is 1.85 bits per heavy atom. The molecular weight excluding hydrogens is 196 g/mol. The van der Waals surface area contributed by atoms with Gasteiger partial charge in [0.15, 0.2) is 8.56 Å². The molecule has 0 aromatic carbocycles. The molecule has 4 heteroatoms. The molecule has 0 amide bonds. The lowest BCUT2D eigenvalue weighted by molar-refractivity contribution is 0.104. The van der Waals surface area contributed by atoms with Crippen molar-refractivity contribution in [3.63, 3.8) is 0 Å². The van der Waals surface area contributed by atoms with Gasteiger partial charge in [-0.05, 0) is 19.8 Å². The van der Waals surface area contributed by atoms with E-state index in [4.69, 9.17) is 9.16 Å². The molecule has 0 spiro atoms. The Morgan fingerprint density at radius 3 is 2.31 bits per heavy atom. The largest absolute Gasteiger partial charge is 0.424 e. The Labute approximate surface area is 85.8 Å². The summed E-state index contributed by atoms with van der Waals surface area (Å²) in [5.41, 5.74) is 0. The summed E-state index contributed by atoms with van der Waals surface area (Å²) in [7, 11) is 0.565. The van der Waals surface area contributed by atoms with Gasteiger partial charge in [-0.1, -0.05) is 19.6 Å². The van der Waals surface area contributed by atoms with Crippen LogP contribution in [0.5, 0.6) is 0 Å². The molecule has 0 fully saturated rings. The summed E-state index contributed by atoms with van der Waals surface area (Å²) < 4.78 is 11.0. The van der Waals surface area contributed by atoms with Crippen LogP contribution < -0.4 is 0 Å². The monoisotopic (exact) mass is 220 g/mol. The van der Waals surface area contributed by atoms with Gasteiger partial charge in [0.05, 0.1) is 14.4 Å². The predicted molar refractivity (Wildman–Crippen MR) is 63.5 cm³/mol. The van der Waals surface area contributed by atoms with Crippen molar-refractivity contribution in [3.05, 3.63) is 0 Å². The maximum atomic E-state index is 5.84. The van der Waals surface area contributed by atoms with E-state index in [9.17, 15) is 0 Å². The first-order valence-electron chi connectivity index (χ1n) is 5.22. The molecule has 0 saturated heterocycles. The Morgan fingerprint density at radius 1 is 1.23 bits per heavy atom. The van der Waals surface area contributed by atoms with E-state index in [1.165, 1.54) is 0 Å². The van der Waals surface area contributed by atoms with E-state index < -0.39 is 16.9 Å². The molecule has 0 aliphatic heterocycles. The summed E-state index contributed by atoms with van der Waals surface area (Å²) in [6.07, 6.45) is 2.65. The second-order valence-corrected chi connectivity index (χ2v) is 15.1. The molecule has 0 radical (unpaired) electrons. The number of hydrogen-bond donors (Lipinski definition) is 0. The van der Waals surface area contributed by atoms with E-state index in [-0.39, 0.29) is 0 Å². The third-order valence-corrected chi connectivity index (χ3v) is 11.3. The zero-order chi connectivity index (χ0) is 10.3. The molecule has 2 atom stereocenters. The van der Waals surface area contributed by atoms with Gasteiger partial charge in [-0.2, -0.15) is 0 Å². The van der Waals surface area contributed by atoms with Crippen LogP contribution in [0.1, 0.15) is 19.8 Å². The first kappa shape index (κ1) is 13.4. The molecule has 0 saturated carbocycles. The van der Waals surface area contributed by atoms with Gasteiger partial charge >= 0.3 is 0 Å². The summed E-state index contributed by atoms with van der Waals surface area (Å²) in [6, 6.07) is 0. The van der Waals surface area contributed by atoms with Crippen molar-refractivity contribution >= 4 is 16.9 Å². The van der Waals surface area contributed by atoms with Gasteiger partial charge in [0, 0.05) is 13.7 Å². The maximum Gasteiger partial charge on any atom is 0.158 e. The van der Waals surface area contributed by atoms with Crippen molar-refractivity contribution in [2.75, 3.05) is 13.7 Å². The van der Waals surface area contributed by atoms with Crippen LogP contribution in [0.25, 0.3) is 0 Å². The lowest BCUT2D eigenvalue weighted by Crippen LogP contribution is -2.30. The molecule has 0 heterocycles.